The number of carbonyl (C=O) groups excluding carboxylic acids is 3. The van der Waals surface area contributed by atoms with E-state index in [1.54, 1.807) is 24.3 Å². The molecular weight excluding hydrogens is 687 g/mol. The van der Waals surface area contributed by atoms with Gasteiger partial charge >= 0.3 is 11.9 Å². The second-order valence-electron chi connectivity index (χ2n) is 8.05. The van der Waals surface area contributed by atoms with Crippen molar-refractivity contribution in [3.8, 4) is 11.5 Å². The maximum absolute atomic E-state index is 13.0. The molecule has 15 heteroatoms. The van der Waals surface area contributed by atoms with Gasteiger partial charge in [0.1, 0.15) is 12.3 Å². The molecule has 0 aliphatic carbocycles. The van der Waals surface area contributed by atoms with Crippen molar-refractivity contribution in [3.63, 3.8) is 0 Å². The number of halogens is 5. The van der Waals surface area contributed by atoms with Crippen LogP contribution in [0.1, 0.15) is 11.1 Å². The van der Waals surface area contributed by atoms with Crippen LogP contribution in [0.2, 0.25) is 0 Å². The molecular formula is C25H14Br2F3N3O6S. The number of amides is 3. The Hall–Kier alpha value is -3.69. The predicted octanol–water partition coefficient (Wildman–Crippen LogP) is 7.61. The lowest BCUT2D eigenvalue weighted by atomic mass is 10.1. The standard InChI is InChI=1S/C25H14Br2F3N3O6S/c26-15-3-5-16(6-4-15)31-22(34)12-32-23(35)21(40-24(32)36)10-13-1-7-19(17(27)9-13)39-20-8-2-14(25(28,29)30)11-18(20)33(37)38/h1-11H,12H2,(H,31,34)/b21-10+. The second-order valence-corrected chi connectivity index (χ2v) is 10.8. The van der Waals surface area contributed by atoms with E-state index in [-0.39, 0.29) is 15.1 Å². The van der Waals surface area contributed by atoms with Gasteiger partial charge in [-0.15, -0.1) is 0 Å². The van der Waals surface area contributed by atoms with E-state index in [2.05, 4.69) is 37.2 Å². The van der Waals surface area contributed by atoms with Crippen molar-refractivity contribution >= 4 is 78.1 Å². The van der Waals surface area contributed by atoms with Gasteiger partial charge in [-0.1, -0.05) is 22.0 Å². The number of hydrogen-bond donors (Lipinski definition) is 1. The van der Waals surface area contributed by atoms with Crippen LogP contribution in [-0.2, 0) is 15.8 Å². The molecule has 40 heavy (non-hydrogen) atoms. The van der Waals surface area contributed by atoms with Gasteiger partial charge < -0.3 is 10.1 Å². The number of thioether (sulfide) groups is 1. The summed E-state index contributed by atoms with van der Waals surface area (Å²) in [6.07, 6.45) is -3.36. The topological polar surface area (TPSA) is 119 Å². The summed E-state index contributed by atoms with van der Waals surface area (Å²) in [5, 5.41) is 13.3. The van der Waals surface area contributed by atoms with Crippen LogP contribution in [0.15, 0.2) is 74.5 Å². The van der Waals surface area contributed by atoms with Crippen molar-refractivity contribution in [1.82, 2.24) is 4.90 Å². The van der Waals surface area contributed by atoms with E-state index < -0.39 is 51.7 Å². The Morgan fingerprint density at radius 1 is 1.05 bits per heavy atom. The van der Waals surface area contributed by atoms with Gasteiger partial charge in [0.25, 0.3) is 11.1 Å². The van der Waals surface area contributed by atoms with Crippen LogP contribution >= 0.6 is 43.6 Å². The molecule has 3 aromatic rings. The number of ether oxygens (including phenoxy) is 1. The number of nitrogens with one attached hydrogen (secondary N) is 1. The highest BCUT2D eigenvalue weighted by atomic mass is 79.9. The first-order chi connectivity index (χ1) is 18.8. The lowest BCUT2D eigenvalue weighted by molar-refractivity contribution is -0.385. The average Bonchev–Trinajstić information content (AvgIpc) is 3.13. The fourth-order valence-electron chi connectivity index (χ4n) is 3.40. The molecule has 9 nitrogen and oxygen atoms in total. The molecule has 1 heterocycles. The van der Waals surface area contributed by atoms with Crippen LogP contribution in [0.25, 0.3) is 6.08 Å². The number of carbonyl (C=O) groups is 3. The van der Waals surface area contributed by atoms with E-state index in [0.29, 0.717) is 35.1 Å². The quantitative estimate of drug-likeness (QED) is 0.153. The molecule has 3 amide bonds. The van der Waals surface area contributed by atoms with E-state index in [1.165, 1.54) is 24.3 Å². The third-order valence-corrected chi connectivity index (χ3v) is 7.32. The Morgan fingerprint density at radius 2 is 1.73 bits per heavy atom. The summed E-state index contributed by atoms with van der Waals surface area (Å²) >= 11 is 7.17. The van der Waals surface area contributed by atoms with Gasteiger partial charge in [0.2, 0.25) is 11.7 Å². The Bertz CT molecular complexity index is 1560. The van der Waals surface area contributed by atoms with Gasteiger partial charge in [-0.2, -0.15) is 13.2 Å². The van der Waals surface area contributed by atoms with Gasteiger partial charge in [-0.25, -0.2) is 0 Å². The predicted molar refractivity (Wildman–Crippen MR) is 148 cm³/mol. The van der Waals surface area contributed by atoms with E-state index in [4.69, 9.17) is 4.74 Å². The summed E-state index contributed by atoms with van der Waals surface area (Å²) in [5.74, 6) is -1.59. The van der Waals surface area contributed by atoms with Crippen molar-refractivity contribution in [2.75, 3.05) is 11.9 Å². The molecule has 3 aromatic carbocycles. The first-order valence-electron chi connectivity index (χ1n) is 11.0. The summed E-state index contributed by atoms with van der Waals surface area (Å²) in [5.41, 5.74) is -1.14. The van der Waals surface area contributed by atoms with Crippen LogP contribution in [0, 0.1) is 10.1 Å². The van der Waals surface area contributed by atoms with Crippen molar-refractivity contribution in [2.45, 2.75) is 6.18 Å². The van der Waals surface area contributed by atoms with Gasteiger partial charge in [0, 0.05) is 16.2 Å². The molecule has 0 radical (unpaired) electrons. The van der Waals surface area contributed by atoms with Crippen LogP contribution in [0.3, 0.4) is 0 Å². The fraction of sp³-hybridized carbons (Fsp3) is 0.0800. The minimum absolute atomic E-state index is 0.0534. The zero-order valence-electron chi connectivity index (χ0n) is 19.7. The highest BCUT2D eigenvalue weighted by molar-refractivity contribution is 9.10. The molecule has 1 saturated heterocycles. The molecule has 0 aromatic heterocycles. The zero-order chi connectivity index (χ0) is 29.2. The molecule has 0 atom stereocenters. The maximum Gasteiger partial charge on any atom is 0.416 e. The van der Waals surface area contributed by atoms with Gasteiger partial charge in [0.15, 0.2) is 0 Å². The highest BCUT2D eigenvalue weighted by Gasteiger charge is 2.36. The molecule has 0 unspecified atom stereocenters. The fourth-order valence-corrected chi connectivity index (χ4v) is 4.98. The first-order valence-corrected chi connectivity index (χ1v) is 13.4. The average molecular weight is 701 g/mol. The number of benzene rings is 3. The summed E-state index contributed by atoms with van der Waals surface area (Å²) in [6.45, 7) is -0.486. The van der Waals surface area contributed by atoms with Crippen LogP contribution in [0.5, 0.6) is 11.5 Å². The van der Waals surface area contributed by atoms with E-state index in [1.807, 2.05) is 0 Å². The molecule has 206 valence electrons. The van der Waals surface area contributed by atoms with Crippen molar-refractivity contribution in [1.29, 1.82) is 0 Å². The van der Waals surface area contributed by atoms with Crippen molar-refractivity contribution < 1.29 is 37.2 Å². The summed E-state index contributed by atoms with van der Waals surface area (Å²) in [4.78, 5) is 48.8. The first kappa shape index (κ1) is 29.3. The summed E-state index contributed by atoms with van der Waals surface area (Å²) in [7, 11) is 0. The summed E-state index contributed by atoms with van der Waals surface area (Å²) in [6, 6.07) is 13.0. The van der Waals surface area contributed by atoms with Crippen molar-refractivity contribution in [2.24, 2.45) is 0 Å². The molecule has 0 spiro atoms. The lowest BCUT2D eigenvalue weighted by Gasteiger charge is -2.12. The Kier molecular flexibility index (Phi) is 8.65. The van der Waals surface area contributed by atoms with Crippen LogP contribution in [-0.4, -0.2) is 33.4 Å². The number of nitrogens with zero attached hydrogens (tertiary/aromatic N) is 2. The zero-order valence-corrected chi connectivity index (χ0v) is 23.7. The van der Waals surface area contributed by atoms with Gasteiger partial charge in [-0.3, -0.25) is 29.4 Å². The number of rotatable bonds is 7. The Labute approximate surface area is 244 Å². The molecule has 1 aliphatic heterocycles. The molecule has 1 fully saturated rings. The highest BCUT2D eigenvalue weighted by Crippen LogP contribution is 2.40. The third kappa shape index (κ3) is 6.89. The number of alkyl halides is 3. The minimum atomic E-state index is -4.77. The molecule has 1 aliphatic rings. The number of nitro groups is 1. The SMILES string of the molecule is O=C(CN1C(=O)S/C(=C/c2ccc(Oc3ccc(C(F)(F)F)cc3[N+](=O)[O-])c(Br)c2)C1=O)Nc1ccc(Br)cc1. The largest absolute Gasteiger partial charge is 0.449 e. The van der Waals surface area contributed by atoms with Crippen molar-refractivity contribution in [3.05, 3.63) is 95.8 Å². The Balaban J connectivity index is 1.47. The molecule has 0 saturated carbocycles. The minimum Gasteiger partial charge on any atom is -0.449 e. The van der Waals surface area contributed by atoms with Crippen LogP contribution < -0.4 is 10.1 Å². The van der Waals surface area contributed by atoms with E-state index in [0.717, 1.165) is 15.4 Å². The molecule has 1 N–H and O–H groups in total. The number of imide groups is 1. The monoisotopic (exact) mass is 699 g/mol. The van der Waals surface area contributed by atoms with Gasteiger partial charge in [0.05, 0.1) is 19.9 Å². The second kappa shape index (κ2) is 11.8. The normalized spacial score (nSPS) is 14.5. The number of hydrogen-bond acceptors (Lipinski definition) is 7. The Morgan fingerprint density at radius 3 is 2.35 bits per heavy atom. The van der Waals surface area contributed by atoms with Gasteiger partial charge in [-0.05, 0) is 87.9 Å². The number of nitro benzene ring substituents is 1. The lowest BCUT2D eigenvalue weighted by Crippen LogP contribution is -2.36. The molecule has 0 bridgehead atoms. The maximum atomic E-state index is 13.0. The van der Waals surface area contributed by atoms with E-state index in [9.17, 15) is 37.7 Å². The summed E-state index contributed by atoms with van der Waals surface area (Å²) < 4.78 is 45.4. The van der Waals surface area contributed by atoms with E-state index >= 15 is 0 Å². The van der Waals surface area contributed by atoms with Crippen LogP contribution in [0.4, 0.5) is 29.3 Å². The third-order valence-electron chi connectivity index (χ3n) is 5.26. The smallest absolute Gasteiger partial charge is 0.416 e. The number of anilines is 1. The molecule has 4 rings (SSSR count).